The summed E-state index contributed by atoms with van der Waals surface area (Å²) in [6.45, 7) is 0. The van der Waals surface area contributed by atoms with Crippen LogP contribution in [0.2, 0.25) is 0 Å². The van der Waals surface area contributed by atoms with Crippen molar-refractivity contribution in [3.05, 3.63) is 29.8 Å². The zero-order valence-electron chi connectivity index (χ0n) is 11.9. The first-order valence-corrected chi connectivity index (χ1v) is 7.75. The summed E-state index contributed by atoms with van der Waals surface area (Å²) in [4.78, 5) is 0. The Labute approximate surface area is 116 Å². The van der Waals surface area contributed by atoms with Crippen molar-refractivity contribution < 1.29 is 4.74 Å². The van der Waals surface area contributed by atoms with E-state index in [-0.39, 0.29) is 0 Å². The standard InChI is InChI=1S/C17H25NO/c1-19-17-9-5-6-13(12-17)14-10-16(11-14)18-15-7-3-2-4-8-15/h5-6,9,12,14-16,18H,2-4,7-8,10-11H2,1H3. The lowest BCUT2D eigenvalue weighted by atomic mass is 9.75. The van der Waals surface area contributed by atoms with E-state index in [0.29, 0.717) is 0 Å². The maximum atomic E-state index is 5.31. The van der Waals surface area contributed by atoms with Gasteiger partial charge in [-0.3, -0.25) is 0 Å². The number of ether oxygens (including phenoxy) is 1. The summed E-state index contributed by atoms with van der Waals surface area (Å²) in [6.07, 6.45) is 9.65. The van der Waals surface area contributed by atoms with Crippen LogP contribution in [0.4, 0.5) is 0 Å². The van der Waals surface area contributed by atoms with E-state index in [4.69, 9.17) is 4.74 Å². The largest absolute Gasteiger partial charge is 0.497 e. The Kier molecular flexibility index (Phi) is 4.07. The lowest BCUT2D eigenvalue weighted by molar-refractivity contribution is 0.238. The van der Waals surface area contributed by atoms with E-state index in [1.165, 1.54) is 50.5 Å². The van der Waals surface area contributed by atoms with Gasteiger partial charge in [0, 0.05) is 12.1 Å². The summed E-state index contributed by atoms with van der Waals surface area (Å²) in [7, 11) is 1.74. The molecule has 2 aliphatic rings. The van der Waals surface area contributed by atoms with Crippen molar-refractivity contribution in [2.75, 3.05) is 7.11 Å². The molecule has 1 aromatic rings. The minimum absolute atomic E-state index is 0.733. The molecular formula is C17H25NO. The van der Waals surface area contributed by atoms with Crippen molar-refractivity contribution in [3.63, 3.8) is 0 Å². The Balaban J connectivity index is 1.48. The van der Waals surface area contributed by atoms with Gasteiger partial charge < -0.3 is 10.1 Å². The molecule has 0 bridgehead atoms. The van der Waals surface area contributed by atoms with Crippen LogP contribution in [-0.2, 0) is 0 Å². The van der Waals surface area contributed by atoms with Crippen LogP contribution in [0.1, 0.15) is 56.4 Å². The third-order valence-corrected chi connectivity index (χ3v) is 4.78. The van der Waals surface area contributed by atoms with E-state index >= 15 is 0 Å². The van der Waals surface area contributed by atoms with Gasteiger partial charge in [-0.15, -0.1) is 0 Å². The zero-order valence-corrected chi connectivity index (χ0v) is 11.9. The summed E-state index contributed by atoms with van der Waals surface area (Å²) >= 11 is 0. The molecule has 0 amide bonds. The molecule has 2 aliphatic carbocycles. The van der Waals surface area contributed by atoms with Crippen molar-refractivity contribution in [1.29, 1.82) is 0 Å². The number of rotatable bonds is 4. The van der Waals surface area contributed by atoms with E-state index in [1.807, 2.05) is 6.07 Å². The number of hydrogen-bond donors (Lipinski definition) is 1. The van der Waals surface area contributed by atoms with Gasteiger partial charge in [-0.25, -0.2) is 0 Å². The SMILES string of the molecule is COc1cccc(C2CC(NC3CCCCC3)C2)c1. The van der Waals surface area contributed by atoms with E-state index in [1.54, 1.807) is 7.11 Å². The van der Waals surface area contributed by atoms with Crippen LogP contribution in [-0.4, -0.2) is 19.2 Å². The van der Waals surface area contributed by atoms with Crippen molar-refractivity contribution in [3.8, 4) is 5.75 Å². The monoisotopic (exact) mass is 259 g/mol. The molecule has 0 aromatic heterocycles. The molecule has 2 nitrogen and oxygen atoms in total. The molecular weight excluding hydrogens is 234 g/mol. The first kappa shape index (κ1) is 13.0. The number of benzene rings is 1. The Hall–Kier alpha value is -1.02. The molecule has 0 spiro atoms. The maximum absolute atomic E-state index is 5.31. The molecule has 0 heterocycles. The first-order valence-electron chi connectivity index (χ1n) is 7.75. The fourth-order valence-corrected chi connectivity index (χ4v) is 3.52. The Morgan fingerprint density at radius 3 is 2.58 bits per heavy atom. The smallest absolute Gasteiger partial charge is 0.119 e. The molecule has 0 atom stereocenters. The summed E-state index contributed by atoms with van der Waals surface area (Å²) in [6, 6.07) is 10.1. The maximum Gasteiger partial charge on any atom is 0.119 e. The topological polar surface area (TPSA) is 21.3 Å². The average molecular weight is 259 g/mol. The van der Waals surface area contributed by atoms with Gasteiger partial charge >= 0.3 is 0 Å². The van der Waals surface area contributed by atoms with E-state index in [0.717, 1.165) is 23.8 Å². The van der Waals surface area contributed by atoms with Gasteiger partial charge in [-0.05, 0) is 49.3 Å². The molecule has 2 heteroatoms. The van der Waals surface area contributed by atoms with Gasteiger partial charge in [0.25, 0.3) is 0 Å². The van der Waals surface area contributed by atoms with Crippen LogP contribution < -0.4 is 10.1 Å². The van der Waals surface area contributed by atoms with Crippen LogP contribution >= 0.6 is 0 Å². The van der Waals surface area contributed by atoms with Crippen LogP contribution in [0.3, 0.4) is 0 Å². The highest BCUT2D eigenvalue weighted by Gasteiger charge is 2.31. The quantitative estimate of drug-likeness (QED) is 0.886. The van der Waals surface area contributed by atoms with Gasteiger partial charge in [-0.1, -0.05) is 31.4 Å². The van der Waals surface area contributed by atoms with E-state index < -0.39 is 0 Å². The van der Waals surface area contributed by atoms with Crippen molar-refractivity contribution >= 4 is 0 Å². The van der Waals surface area contributed by atoms with E-state index in [2.05, 4.69) is 23.5 Å². The second-order valence-corrected chi connectivity index (χ2v) is 6.14. The van der Waals surface area contributed by atoms with Crippen molar-refractivity contribution in [2.24, 2.45) is 0 Å². The second-order valence-electron chi connectivity index (χ2n) is 6.14. The summed E-state index contributed by atoms with van der Waals surface area (Å²) in [5, 5.41) is 3.85. The minimum Gasteiger partial charge on any atom is -0.497 e. The fraction of sp³-hybridized carbons (Fsp3) is 0.647. The molecule has 0 radical (unpaired) electrons. The zero-order chi connectivity index (χ0) is 13.1. The highest BCUT2D eigenvalue weighted by Crippen LogP contribution is 2.38. The molecule has 0 saturated heterocycles. The number of hydrogen-bond acceptors (Lipinski definition) is 2. The van der Waals surface area contributed by atoms with Crippen LogP contribution in [0.5, 0.6) is 5.75 Å². The highest BCUT2D eigenvalue weighted by atomic mass is 16.5. The second kappa shape index (κ2) is 5.96. The predicted octanol–water partition coefficient (Wildman–Crippen LogP) is 3.86. The van der Waals surface area contributed by atoms with Crippen LogP contribution in [0.25, 0.3) is 0 Å². The van der Waals surface area contributed by atoms with Gasteiger partial charge in [0.05, 0.1) is 7.11 Å². The molecule has 0 aliphatic heterocycles. The van der Waals surface area contributed by atoms with Crippen LogP contribution in [0.15, 0.2) is 24.3 Å². The summed E-state index contributed by atoms with van der Waals surface area (Å²) in [5.41, 5.74) is 1.45. The Morgan fingerprint density at radius 1 is 1.05 bits per heavy atom. The molecule has 104 valence electrons. The molecule has 2 saturated carbocycles. The minimum atomic E-state index is 0.733. The van der Waals surface area contributed by atoms with Gasteiger partial charge in [0.1, 0.15) is 5.75 Å². The predicted molar refractivity (Wildman–Crippen MR) is 78.8 cm³/mol. The third-order valence-electron chi connectivity index (χ3n) is 4.78. The highest BCUT2D eigenvalue weighted by molar-refractivity contribution is 5.32. The first-order chi connectivity index (χ1) is 9.35. The lowest BCUT2D eigenvalue weighted by Gasteiger charge is -2.39. The molecule has 0 unspecified atom stereocenters. The molecule has 19 heavy (non-hydrogen) atoms. The third kappa shape index (κ3) is 3.11. The summed E-state index contributed by atoms with van der Waals surface area (Å²) in [5.74, 6) is 1.72. The molecule has 2 fully saturated rings. The van der Waals surface area contributed by atoms with Gasteiger partial charge in [0.2, 0.25) is 0 Å². The molecule has 3 rings (SSSR count). The lowest BCUT2D eigenvalue weighted by Crippen LogP contribution is -2.46. The molecule has 1 aromatic carbocycles. The Bertz CT molecular complexity index is 405. The fourth-order valence-electron chi connectivity index (χ4n) is 3.52. The molecule has 1 N–H and O–H groups in total. The van der Waals surface area contributed by atoms with Gasteiger partial charge in [-0.2, -0.15) is 0 Å². The van der Waals surface area contributed by atoms with Crippen LogP contribution in [0, 0.1) is 0 Å². The van der Waals surface area contributed by atoms with Gasteiger partial charge in [0.15, 0.2) is 0 Å². The number of nitrogens with one attached hydrogen (secondary N) is 1. The summed E-state index contributed by atoms with van der Waals surface area (Å²) < 4.78 is 5.31. The normalized spacial score (nSPS) is 27.8. The van der Waals surface area contributed by atoms with E-state index in [9.17, 15) is 0 Å². The van der Waals surface area contributed by atoms with Crippen molar-refractivity contribution in [1.82, 2.24) is 5.32 Å². The average Bonchev–Trinajstić information content (AvgIpc) is 2.43. The number of methoxy groups -OCH3 is 1. The Morgan fingerprint density at radius 2 is 1.84 bits per heavy atom. The van der Waals surface area contributed by atoms with Crippen molar-refractivity contribution in [2.45, 2.75) is 62.9 Å².